The van der Waals surface area contributed by atoms with Crippen LogP contribution in [0.4, 0.5) is 0 Å². The van der Waals surface area contributed by atoms with E-state index in [4.69, 9.17) is 10.2 Å². The van der Waals surface area contributed by atoms with Gasteiger partial charge in [-0.15, -0.1) is 6.58 Å². The predicted molar refractivity (Wildman–Crippen MR) is 76.5 cm³/mol. The van der Waals surface area contributed by atoms with Crippen LogP contribution in [0.5, 0.6) is 0 Å². The van der Waals surface area contributed by atoms with Crippen molar-refractivity contribution in [3.8, 4) is 0 Å². The lowest BCUT2D eigenvalue weighted by molar-refractivity contribution is -0.143. The van der Waals surface area contributed by atoms with Gasteiger partial charge in [0.15, 0.2) is 0 Å². The fourth-order valence-corrected chi connectivity index (χ4v) is 2.08. The van der Waals surface area contributed by atoms with Crippen LogP contribution in [0.2, 0.25) is 0 Å². The highest BCUT2D eigenvalue weighted by atomic mass is 16.4. The Hall–Kier alpha value is -1.36. The average Bonchev–Trinajstić information content (AvgIpc) is 2.39. The van der Waals surface area contributed by atoms with Crippen LogP contribution in [0.15, 0.2) is 12.7 Å². The zero-order valence-electron chi connectivity index (χ0n) is 12.0. The van der Waals surface area contributed by atoms with Crippen LogP contribution in [-0.4, -0.2) is 33.4 Å². The number of aliphatic carboxylic acids is 2. The molecular weight excluding hydrogens is 260 g/mol. The Kier molecular flexibility index (Phi) is 10.7. The summed E-state index contributed by atoms with van der Waals surface area (Å²) >= 11 is 0. The molecule has 0 heterocycles. The van der Waals surface area contributed by atoms with Gasteiger partial charge in [0.25, 0.3) is 0 Å². The van der Waals surface area contributed by atoms with E-state index in [0.29, 0.717) is 6.42 Å². The van der Waals surface area contributed by atoms with E-state index >= 15 is 0 Å². The van der Waals surface area contributed by atoms with Crippen LogP contribution in [0, 0.1) is 5.92 Å². The predicted octanol–water partition coefficient (Wildman–Crippen LogP) is 2.83. The smallest absolute Gasteiger partial charge is 0.306 e. The molecule has 3 N–H and O–H groups in total. The molecule has 0 saturated carbocycles. The minimum Gasteiger partial charge on any atom is -0.481 e. The summed E-state index contributed by atoms with van der Waals surface area (Å²) in [5, 5.41) is 26.8. The summed E-state index contributed by atoms with van der Waals surface area (Å²) < 4.78 is 0. The van der Waals surface area contributed by atoms with Crippen LogP contribution in [-0.2, 0) is 9.59 Å². The third-order valence-corrected chi connectivity index (χ3v) is 3.38. The Bertz CT molecular complexity index is 301. The van der Waals surface area contributed by atoms with E-state index in [0.717, 1.165) is 38.5 Å². The number of aliphatic hydroxyl groups is 1. The highest BCUT2D eigenvalue weighted by Gasteiger charge is 2.17. The molecule has 0 aromatic carbocycles. The minimum absolute atomic E-state index is 0.0869. The molecule has 0 rings (SSSR count). The number of hydrogen-bond acceptors (Lipinski definition) is 3. The molecule has 0 aromatic heterocycles. The third-order valence-electron chi connectivity index (χ3n) is 3.38. The summed E-state index contributed by atoms with van der Waals surface area (Å²) in [6.07, 6.45) is 7.19. The summed E-state index contributed by atoms with van der Waals surface area (Å²) in [5.41, 5.74) is 0. The van der Waals surface area contributed by atoms with Crippen molar-refractivity contribution < 1.29 is 24.9 Å². The van der Waals surface area contributed by atoms with Crippen LogP contribution in [0.25, 0.3) is 0 Å². The molecule has 5 heteroatoms. The number of aliphatic hydroxyl groups excluding tert-OH is 1. The van der Waals surface area contributed by atoms with Crippen molar-refractivity contribution in [2.75, 3.05) is 0 Å². The normalized spacial score (nSPS) is 13.7. The molecule has 0 aliphatic carbocycles. The first-order chi connectivity index (χ1) is 9.47. The first-order valence-electron chi connectivity index (χ1n) is 7.22. The largest absolute Gasteiger partial charge is 0.481 e. The first kappa shape index (κ1) is 18.6. The van der Waals surface area contributed by atoms with Gasteiger partial charge in [0, 0.05) is 6.42 Å². The van der Waals surface area contributed by atoms with Gasteiger partial charge in [0.1, 0.15) is 0 Å². The van der Waals surface area contributed by atoms with Gasteiger partial charge >= 0.3 is 11.9 Å². The van der Waals surface area contributed by atoms with E-state index in [9.17, 15) is 14.7 Å². The van der Waals surface area contributed by atoms with Crippen molar-refractivity contribution in [1.29, 1.82) is 0 Å². The highest BCUT2D eigenvalue weighted by Crippen LogP contribution is 2.17. The molecule has 5 nitrogen and oxygen atoms in total. The summed E-state index contributed by atoms with van der Waals surface area (Å²) in [6.45, 7) is 3.51. The quantitative estimate of drug-likeness (QED) is 0.357. The number of rotatable bonds is 13. The van der Waals surface area contributed by atoms with E-state index in [2.05, 4.69) is 6.58 Å². The molecule has 116 valence electrons. The number of carbonyl (C=O) groups is 2. The van der Waals surface area contributed by atoms with Crippen LogP contribution in [0.1, 0.15) is 57.8 Å². The fraction of sp³-hybridized carbons (Fsp3) is 0.733. The molecule has 0 radical (unpaired) electrons. The van der Waals surface area contributed by atoms with Gasteiger partial charge in [-0.2, -0.15) is 0 Å². The highest BCUT2D eigenvalue weighted by molar-refractivity contribution is 5.72. The van der Waals surface area contributed by atoms with Crippen molar-refractivity contribution >= 4 is 11.9 Å². The van der Waals surface area contributed by atoms with Crippen LogP contribution >= 0.6 is 0 Å². The molecule has 0 fully saturated rings. The van der Waals surface area contributed by atoms with Crippen molar-refractivity contribution in [2.45, 2.75) is 63.9 Å². The maximum absolute atomic E-state index is 11.0. The summed E-state index contributed by atoms with van der Waals surface area (Å²) in [4.78, 5) is 21.4. The van der Waals surface area contributed by atoms with Crippen molar-refractivity contribution in [2.24, 2.45) is 5.92 Å². The molecule has 0 saturated heterocycles. The van der Waals surface area contributed by atoms with Gasteiger partial charge in [0.05, 0.1) is 12.0 Å². The van der Waals surface area contributed by atoms with E-state index < -0.39 is 24.0 Å². The van der Waals surface area contributed by atoms with E-state index in [1.165, 1.54) is 6.08 Å². The van der Waals surface area contributed by atoms with Gasteiger partial charge in [0.2, 0.25) is 0 Å². The molecule has 0 aromatic rings. The standard InChI is InChI=1S/C15H26O5/c1-2-13(16)9-7-5-3-4-6-8-12(15(19)20)10-11-14(17)18/h2,12-13,16H,1,3-11H2,(H,17,18)(H,19,20). The van der Waals surface area contributed by atoms with Gasteiger partial charge in [-0.1, -0.05) is 38.2 Å². The first-order valence-corrected chi connectivity index (χ1v) is 7.22. The lowest BCUT2D eigenvalue weighted by Crippen LogP contribution is -2.15. The number of carboxylic acid groups (broad SMARTS) is 2. The fourth-order valence-electron chi connectivity index (χ4n) is 2.08. The Labute approximate surface area is 120 Å². The molecule has 20 heavy (non-hydrogen) atoms. The maximum atomic E-state index is 11.0. The molecular formula is C15H26O5. The lowest BCUT2D eigenvalue weighted by Gasteiger charge is -2.10. The van der Waals surface area contributed by atoms with Gasteiger partial charge in [-0.3, -0.25) is 9.59 Å². The zero-order chi connectivity index (χ0) is 15.4. The summed E-state index contributed by atoms with van der Waals surface area (Å²) in [7, 11) is 0. The number of carboxylic acids is 2. The second-order valence-electron chi connectivity index (χ2n) is 5.12. The molecule has 2 unspecified atom stereocenters. The SMILES string of the molecule is C=CC(O)CCCCCCCC(CCC(=O)O)C(=O)O. The topological polar surface area (TPSA) is 94.8 Å². The second kappa shape index (κ2) is 11.5. The molecule has 0 aliphatic rings. The number of unbranched alkanes of at least 4 members (excludes halogenated alkanes) is 4. The van der Waals surface area contributed by atoms with Crippen LogP contribution in [0.3, 0.4) is 0 Å². The molecule has 0 amide bonds. The third kappa shape index (κ3) is 10.6. The van der Waals surface area contributed by atoms with Crippen LogP contribution < -0.4 is 0 Å². The molecule has 2 atom stereocenters. The average molecular weight is 286 g/mol. The lowest BCUT2D eigenvalue weighted by atomic mass is 9.95. The van der Waals surface area contributed by atoms with Crippen molar-refractivity contribution in [3.63, 3.8) is 0 Å². The van der Waals surface area contributed by atoms with E-state index in [-0.39, 0.29) is 12.8 Å². The van der Waals surface area contributed by atoms with Crippen molar-refractivity contribution in [3.05, 3.63) is 12.7 Å². The monoisotopic (exact) mass is 286 g/mol. The summed E-state index contributed by atoms with van der Waals surface area (Å²) in [6, 6.07) is 0. The maximum Gasteiger partial charge on any atom is 0.306 e. The Morgan fingerprint density at radius 1 is 0.950 bits per heavy atom. The van der Waals surface area contributed by atoms with E-state index in [1.807, 2.05) is 0 Å². The molecule has 0 bridgehead atoms. The van der Waals surface area contributed by atoms with Gasteiger partial charge in [-0.05, 0) is 19.3 Å². The molecule has 0 aliphatic heterocycles. The van der Waals surface area contributed by atoms with E-state index in [1.54, 1.807) is 0 Å². The summed E-state index contributed by atoms with van der Waals surface area (Å²) in [5.74, 6) is -2.40. The van der Waals surface area contributed by atoms with Gasteiger partial charge < -0.3 is 15.3 Å². The minimum atomic E-state index is -0.947. The number of hydrogen-bond donors (Lipinski definition) is 3. The Morgan fingerprint density at radius 3 is 2.00 bits per heavy atom. The van der Waals surface area contributed by atoms with Gasteiger partial charge in [-0.25, -0.2) is 0 Å². The van der Waals surface area contributed by atoms with Crippen molar-refractivity contribution in [1.82, 2.24) is 0 Å². The Balaban J connectivity index is 3.61. The second-order valence-corrected chi connectivity index (χ2v) is 5.12. The Morgan fingerprint density at radius 2 is 1.50 bits per heavy atom. The molecule has 0 spiro atoms. The zero-order valence-corrected chi connectivity index (χ0v) is 12.0.